The molecule has 1 aromatic rings. The second-order valence-corrected chi connectivity index (χ2v) is 4.61. The third-order valence-corrected chi connectivity index (χ3v) is 3.23. The molecule has 0 aliphatic carbocycles. The molecule has 2 unspecified atom stereocenters. The summed E-state index contributed by atoms with van der Waals surface area (Å²) >= 11 is 5.76. The zero-order chi connectivity index (χ0) is 12.4. The van der Waals surface area contributed by atoms with E-state index < -0.39 is 0 Å². The second kappa shape index (κ2) is 5.02. The fourth-order valence-corrected chi connectivity index (χ4v) is 2.15. The minimum Gasteiger partial charge on any atom is -0.378 e. The Hall–Kier alpha value is -1.13. The number of anilines is 1. The molecule has 0 radical (unpaired) electrons. The van der Waals surface area contributed by atoms with Gasteiger partial charge in [0.2, 0.25) is 5.91 Å². The highest BCUT2D eigenvalue weighted by Gasteiger charge is 2.30. The normalized spacial score (nSPS) is 23.7. The number of carbonyl (C=O) groups excluding carboxylic acids is 1. The topological polar surface area (TPSA) is 51.2 Å². The Morgan fingerprint density at radius 3 is 2.94 bits per heavy atom. The van der Waals surface area contributed by atoms with E-state index in [4.69, 9.17) is 16.3 Å². The van der Waals surface area contributed by atoms with Crippen molar-refractivity contribution in [3.05, 3.63) is 23.0 Å². The van der Waals surface area contributed by atoms with Gasteiger partial charge in [0.15, 0.2) is 0 Å². The molecule has 0 aromatic carbocycles. The first-order chi connectivity index (χ1) is 8.08. The highest BCUT2D eigenvalue weighted by atomic mass is 35.5. The second-order valence-electron chi connectivity index (χ2n) is 4.23. The van der Waals surface area contributed by atoms with E-state index >= 15 is 0 Å². The maximum absolute atomic E-state index is 12.0. The number of hydrogen-bond donors (Lipinski definition) is 1. The quantitative estimate of drug-likeness (QED) is 0.825. The zero-order valence-electron chi connectivity index (χ0n) is 9.87. The summed E-state index contributed by atoms with van der Waals surface area (Å²) in [6.07, 6.45) is 0.753. The molecule has 4 nitrogen and oxygen atoms in total. The number of halogens is 1. The summed E-state index contributed by atoms with van der Waals surface area (Å²) in [5.41, 5.74) is 1.43. The molecule has 0 saturated carbocycles. The minimum atomic E-state index is -0.0786. The van der Waals surface area contributed by atoms with Crippen molar-refractivity contribution in [3.8, 4) is 0 Å². The number of aryl methyl sites for hydroxylation is 1. The first-order valence-electron chi connectivity index (χ1n) is 5.63. The van der Waals surface area contributed by atoms with Crippen molar-refractivity contribution in [2.75, 3.05) is 11.9 Å². The molecule has 1 N–H and O–H groups in total. The molecule has 1 fully saturated rings. The maximum atomic E-state index is 12.0. The average molecular weight is 255 g/mol. The van der Waals surface area contributed by atoms with Crippen molar-refractivity contribution in [2.45, 2.75) is 26.4 Å². The number of aromatic nitrogens is 1. The average Bonchev–Trinajstić information content (AvgIpc) is 2.68. The highest BCUT2D eigenvalue weighted by molar-refractivity contribution is 6.29. The van der Waals surface area contributed by atoms with Gasteiger partial charge in [-0.3, -0.25) is 4.79 Å². The summed E-state index contributed by atoms with van der Waals surface area (Å²) in [4.78, 5) is 16.1. The smallest absolute Gasteiger partial charge is 0.230 e. The van der Waals surface area contributed by atoms with Gasteiger partial charge in [-0.1, -0.05) is 11.6 Å². The molecule has 1 aromatic heterocycles. The SMILES string of the molecule is Cc1nc(Cl)ccc1NC(=O)C1CCOC1C. The number of hydrogen-bond acceptors (Lipinski definition) is 3. The van der Waals surface area contributed by atoms with E-state index in [-0.39, 0.29) is 17.9 Å². The van der Waals surface area contributed by atoms with Crippen LogP contribution < -0.4 is 5.32 Å². The maximum Gasteiger partial charge on any atom is 0.230 e. The van der Waals surface area contributed by atoms with Crippen LogP contribution in [-0.4, -0.2) is 23.6 Å². The fourth-order valence-electron chi connectivity index (χ4n) is 1.96. The van der Waals surface area contributed by atoms with Gasteiger partial charge in [-0.15, -0.1) is 0 Å². The Kier molecular flexibility index (Phi) is 3.64. The summed E-state index contributed by atoms with van der Waals surface area (Å²) in [7, 11) is 0. The summed E-state index contributed by atoms with van der Waals surface area (Å²) in [5, 5.41) is 3.30. The lowest BCUT2D eigenvalue weighted by Crippen LogP contribution is -2.28. The Balaban J connectivity index is 2.07. The van der Waals surface area contributed by atoms with E-state index in [0.717, 1.165) is 12.1 Å². The summed E-state index contributed by atoms with van der Waals surface area (Å²) in [5.74, 6) is -0.0905. The van der Waals surface area contributed by atoms with Crippen LogP contribution in [0.3, 0.4) is 0 Å². The standard InChI is InChI=1S/C12H15ClN2O2/c1-7-10(3-4-11(13)14-7)15-12(16)9-5-6-17-8(9)2/h3-4,8-9H,5-6H2,1-2H3,(H,15,16). The predicted octanol–water partition coefficient (Wildman–Crippen LogP) is 2.41. The molecule has 2 rings (SSSR count). The van der Waals surface area contributed by atoms with Gasteiger partial charge in [-0.25, -0.2) is 4.98 Å². The van der Waals surface area contributed by atoms with Gasteiger partial charge in [0, 0.05) is 6.61 Å². The van der Waals surface area contributed by atoms with E-state index in [1.807, 2.05) is 13.8 Å². The van der Waals surface area contributed by atoms with Gasteiger partial charge in [-0.2, -0.15) is 0 Å². The Bertz CT molecular complexity index is 437. The van der Waals surface area contributed by atoms with E-state index in [0.29, 0.717) is 17.4 Å². The predicted molar refractivity (Wildman–Crippen MR) is 66.1 cm³/mol. The lowest BCUT2D eigenvalue weighted by Gasteiger charge is -2.15. The number of ether oxygens (including phenoxy) is 1. The molecule has 5 heteroatoms. The Morgan fingerprint density at radius 2 is 2.35 bits per heavy atom. The van der Waals surface area contributed by atoms with Crippen molar-refractivity contribution in [2.24, 2.45) is 5.92 Å². The Morgan fingerprint density at radius 1 is 1.59 bits per heavy atom. The molecular formula is C12H15ClN2O2. The molecule has 1 aliphatic heterocycles. The lowest BCUT2D eigenvalue weighted by atomic mass is 10.0. The van der Waals surface area contributed by atoms with Crippen LogP contribution in [0.5, 0.6) is 0 Å². The summed E-state index contributed by atoms with van der Waals surface area (Å²) in [6.45, 7) is 4.39. The van der Waals surface area contributed by atoms with Crippen LogP contribution in [0, 0.1) is 12.8 Å². The fraction of sp³-hybridized carbons (Fsp3) is 0.500. The summed E-state index contributed by atoms with van der Waals surface area (Å²) < 4.78 is 5.38. The number of carbonyl (C=O) groups is 1. The van der Waals surface area contributed by atoms with Gasteiger partial charge in [0.25, 0.3) is 0 Å². The zero-order valence-corrected chi connectivity index (χ0v) is 10.6. The number of nitrogens with one attached hydrogen (secondary N) is 1. The molecule has 1 amide bonds. The van der Waals surface area contributed by atoms with Crippen molar-refractivity contribution < 1.29 is 9.53 Å². The van der Waals surface area contributed by atoms with Gasteiger partial charge in [0.05, 0.1) is 23.4 Å². The Labute approximate surface area is 105 Å². The van der Waals surface area contributed by atoms with Crippen molar-refractivity contribution in [1.82, 2.24) is 4.98 Å². The van der Waals surface area contributed by atoms with E-state index in [2.05, 4.69) is 10.3 Å². The number of amides is 1. The van der Waals surface area contributed by atoms with Crippen LogP contribution in [0.25, 0.3) is 0 Å². The van der Waals surface area contributed by atoms with Crippen molar-refractivity contribution >= 4 is 23.2 Å². The molecule has 17 heavy (non-hydrogen) atoms. The minimum absolute atomic E-state index is 0.0118. The first-order valence-corrected chi connectivity index (χ1v) is 6.01. The van der Waals surface area contributed by atoms with Crippen LogP contribution >= 0.6 is 11.6 Å². The van der Waals surface area contributed by atoms with Crippen molar-refractivity contribution in [1.29, 1.82) is 0 Å². The first kappa shape index (κ1) is 12.3. The molecule has 2 heterocycles. The van der Waals surface area contributed by atoms with Gasteiger partial charge in [-0.05, 0) is 32.4 Å². The van der Waals surface area contributed by atoms with Crippen LogP contribution in [0.2, 0.25) is 5.15 Å². The third-order valence-electron chi connectivity index (χ3n) is 3.02. The molecule has 92 valence electrons. The van der Waals surface area contributed by atoms with Crippen molar-refractivity contribution in [3.63, 3.8) is 0 Å². The van der Waals surface area contributed by atoms with Gasteiger partial charge >= 0.3 is 0 Å². The molecule has 1 saturated heterocycles. The monoisotopic (exact) mass is 254 g/mol. The molecule has 2 atom stereocenters. The van der Waals surface area contributed by atoms with Gasteiger partial charge < -0.3 is 10.1 Å². The molecular weight excluding hydrogens is 240 g/mol. The summed E-state index contributed by atoms with van der Waals surface area (Å²) in [6, 6.07) is 3.43. The van der Waals surface area contributed by atoms with Crippen LogP contribution in [0.4, 0.5) is 5.69 Å². The lowest BCUT2D eigenvalue weighted by molar-refractivity contribution is -0.121. The van der Waals surface area contributed by atoms with E-state index in [9.17, 15) is 4.79 Å². The van der Waals surface area contributed by atoms with E-state index in [1.54, 1.807) is 12.1 Å². The van der Waals surface area contributed by atoms with Crippen LogP contribution in [-0.2, 0) is 9.53 Å². The third kappa shape index (κ3) is 2.76. The van der Waals surface area contributed by atoms with Crippen LogP contribution in [0.1, 0.15) is 19.0 Å². The van der Waals surface area contributed by atoms with Gasteiger partial charge in [0.1, 0.15) is 5.15 Å². The number of rotatable bonds is 2. The van der Waals surface area contributed by atoms with Crippen LogP contribution in [0.15, 0.2) is 12.1 Å². The van der Waals surface area contributed by atoms with E-state index in [1.165, 1.54) is 0 Å². The molecule has 0 bridgehead atoms. The molecule has 0 spiro atoms. The number of pyridine rings is 1. The largest absolute Gasteiger partial charge is 0.378 e. The highest BCUT2D eigenvalue weighted by Crippen LogP contribution is 2.23. The number of nitrogens with zero attached hydrogens (tertiary/aromatic N) is 1. The molecule has 1 aliphatic rings.